The minimum Gasteiger partial charge on any atom is -0.333 e. The summed E-state index contributed by atoms with van der Waals surface area (Å²) in [4.78, 5) is 3.97. The summed E-state index contributed by atoms with van der Waals surface area (Å²) in [5, 5.41) is 3.05. The highest BCUT2D eigenvalue weighted by Gasteiger charge is 2.32. The van der Waals surface area contributed by atoms with Gasteiger partial charge in [0.25, 0.3) is 0 Å². The van der Waals surface area contributed by atoms with Crippen molar-refractivity contribution in [3.8, 4) is 11.1 Å². The Morgan fingerprint density at radius 1 is 0.617 bits per heavy atom. The predicted octanol–water partition coefficient (Wildman–Crippen LogP) is 12.4. The molecule has 0 amide bonds. The molecule has 2 aliphatic carbocycles. The summed E-state index contributed by atoms with van der Waals surface area (Å²) in [7, 11) is 0. The molecule has 9 rings (SSSR count). The molecular weight excluding hydrogens is 587 g/mol. The summed E-state index contributed by atoms with van der Waals surface area (Å²) in [6, 6.07) is 51.7. The highest BCUT2D eigenvalue weighted by atomic mass is 32.2. The normalized spacial score (nSPS) is 19.4. The van der Waals surface area contributed by atoms with Gasteiger partial charge in [0.2, 0.25) is 0 Å². The Balaban J connectivity index is 1.09. The maximum absolute atomic E-state index is 2.56. The van der Waals surface area contributed by atoms with Gasteiger partial charge in [0.05, 0.1) is 6.04 Å². The summed E-state index contributed by atoms with van der Waals surface area (Å²) >= 11 is 2.01. The number of benzene rings is 6. The highest BCUT2D eigenvalue weighted by Crippen LogP contribution is 2.50. The molecule has 1 aliphatic heterocycles. The van der Waals surface area contributed by atoms with E-state index in [-0.39, 0.29) is 6.04 Å². The summed E-state index contributed by atoms with van der Waals surface area (Å²) in [6.07, 6.45) is 10.4. The third-order valence-corrected chi connectivity index (χ3v) is 11.4. The molecule has 1 heterocycles. The van der Waals surface area contributed by atoms with Gasteiger partial charge in [-0.15, -0.1) is 11.8 Å². The van der Waals surface area contributed by atoms with Gasteiger partial charge in [-0.2, -0.15) is 0 Å². The van der Waals surface area contributed by atoms with Crippen LogP contribution in [0.2, 0.25) is 0 Å². The van der Waals surface area contributed by atoms with Crippen molar-refractivity contribution in [1.82, 2.24) is 0 Å². The molecule has 0 radical (unpaired) electrons. The number of hydrogen-bond donors (Lipinski definition) is 0. The van der Waals surface area contributed by atoms with Crippen LogP contribution in [0.5, 0.6) is 0 Å². The summed E-state index contributed by atoms with van der Waals surface area (Å²) in [5.41, 5.74) is 13.2. The van der Waals surface area contributed by atoms with E-state index in [1.165, 1.54) is 71.6 Å². The molecule has 0 fully saturated rings. The average molecular weight is 622 g/mol. The van der Waals surface area contributed by atoms with E-state index >= 15 is 0 Å². The van der Waals surface area contributed by atoms with Crippen LogP contribution >= 0.6 is 11.8 Å². The number of fused-ring (bicyclic) bond motifs is 5. The van der Waals surface area contributed by atoms with Crippen molar-refractivity contribution < 1.29 is 0 Å². The molecular formula is C45H35NS. The second-order valence-electron chi connectivity index (χ2n) is 12.9. The SMILES string of the molecule is CC1C=Cc2ccccc2C1N(c1ccc(C2=CC=C3c4ccccc4SC3C2)cc1)c1ccc(-c2cccc3ccccc23)cc1. The smallest absolute Gasteiger partial charge is 0.0657 e. The van der Waals surface area contributed by atoms with Crippen LogP contribution in [-0.2, 0) is 0 Å². The minimum absolute atomic E-state index is 0.179. The van der Waals surface area contributed by atoms with Crippen LogP contribution in [-0.4, -0.2) is 5.25 Å². The van der Waals surface area contributed by atoms with Crippen molar-refractivity contribution in [2.24, 2.45) is 5.92 Å². The topological polar surface area (TPSA) is 3.24 Å². The second kappa shape index (κ2) is 11.6. The Morgan fingerprint density at radius 2 is 1.30 bits per heavy atom. The number of rotatable bonds is 5. The fraction of sp³-hybridized carbons (Fsp3) is 0.111. The van der Waals surface area contributed by atoms with Crippen LogP contribution in [0.15, 0.2) is 163 Å². The lowest BCUT2D eigenvalue weighted by molar-refractivity contribution is 0.548. The first-order valence-electron chi connectivity index (χ1n) is 16.6. The van der Waals surface area contributed by atoms with Crippen LogP contribution in [0.4, 0.5) is 11.4 Å². The van der Waals surface area contributed by atoms with Crippen LogP contribution < -0.4 is 4.90 Å². The molecule has 3 atom stereocenters. The van der Waals surface area contributed by atoms with E-state index in [4.69, 9.17) is 0 Å². The van der Waals surface area contributed by atoms with Gasteiger partial charge in [-0.3, -0.25) is 0 Å². The van der Waals surface area contributed by atoms with Crippen LogP contribution in [0.3, 0.4) is 0 Å². The van der Waals surface area contributed by atoms with Gasteiger partial charge in [-0.1, -0.05) is 140 Å². The molecule has 0 saturated carbocycles. The average Bonchev–Trinajstić information content (AvgIpc) is 3.51. The maximum Gasteiger partial charge on any atom is 0.0657 e. The van der Waals surface area contributed by atoms with Crippen molar-refractivity contribution in [2.75, 3.05) is 4.90 Å². The Bertz CT molecular complexity index is 2210. The molecule has 6 aromatic carbocycles. The van der Waals surface area contributed by atoms with Gasteiger partial charge >= 0.3 is 0 Å². The Labute approximate surface area is 281 Å². The Kier molecular flexibility index (Phi) is 6.98. The van der Waals surface area contributed by atoms with Gasteiger partial charge < -0.3 is 4.90 Å². The quantitative estimate of drug-likeness (QED) is 0.188. The van der Waals surface area contributed by atoms with Crippen molar-refractivity contribution in [1.29, 1.82) is 0 Å². The fourth-order valence-electron chi connectivity index (χ4n) is 7.75. The number of allylic oxidation sites excluding steroid dienone is 3. The zero-order chi connectivity index (χ0) is 31.3. The van der Waals surface area contributed by atoms with Gasteiger partial charge in [-0.25, -0.2) is 0 Å². The van der Waals surface area contributed by atoms with Crippen molar-refractivity contribution >= 4 is 51.1 Å². The lowest BCUT2D eigenvalue weighted by Gasteiger charge is -2.39. The van der Waals surface area contributed by atoms with Gasteiger partial charge in [0, 0.05) is 21.5 Å². The van der Waals surface area contributed by atoms with Crippen LogP contribution in [0, 0.1) is 5.92 Å². The van der Waals surface area contributed by atoms with E-state index in [1.807, 2.05) is 11.8 Å². The van der Waals surface area contributed by atoms with E-state index in [2.05, 4.69) is 176 Å². The second-order valence-corrected chi connectivity index (χ2v) is 14.1. The third-order valence-electron chi connectivity index (χ3n) is 10.1. The van der Waals surface area contributed by atoms with E-state index in [9.17, 15) is 0 Å². The molecule has 3 unspecified atom stereocenters. The molecule has 0 saturated heterocycles. The van der Waals surface area contributed by atoms with E-state index < -0.39 is 0 Å². The standard InChI is InChI=1S/C45H35NS/c1-30-17-18-33-10-3-5-13-40(33)45(30)46(37-26-21-34(22-27-37)39-15-8-11-32-9-2-4-12-38(32)39)36-24-19-31(20-25-36)35-23-28-42-41-14-6-7-16-43(41)47-44(42)29-35/h2-28,30,44-45H,29H2,1H3. The van der Waals surface area contributed by atoms with Gasteiger partial charge in [0.15, 0.2) is 0 Å². The summed E-state index contributed by atoms with van der Waals surface area (Å²) in [5.74, 6) is 0.341. The first kappa shape index (κ1) is 28.2. The lowest BCUT2D eigenvalue weighted by Crippen LogP contribution is -2.30. The molecule has 47 heavy (non-hydrogen) atoms. The lowest BCUT2D eigenvalue weighted by atomic mass is 9.84. The molecule has 2 heteroatoms. The zero-order valence-electron chi connectivity index (χ0n) is 26.4. The largest absolute Gasteiger partial charge is 0.333 e. The first-order valence-corrected chi connectivity index (χ1v) is 17.5. The van der Waals surface area contributed by atoms with Gasteiger partial charge in [0.1, 0.15) is 0 Å². The molecule has 1 nitrogen and oxygen atoms in total. The molecule has 3 aliphatic rings. The number of anilines is 2. The highest BCUT2D eigenvalue weighted by molar-refractivity contribution is 8.00. The van der Waals surface area contributed by atoms with Crippen molar-refractivity contribution in [3.05, 3.63) is 180 Å². The zero-order valence-corrected chi connectivity index (χ0v) is 27.2. The van der Waals surface area contributed by atoms with E-state index in [0.717, 1.165) is 6.42 Å². The molecule has 0 bridgehead atoms. The number of thioether (sulfide) groups is 1. The maximum atomic E-state index is 2.56. The molecule has 0 spiro atoms. The van der Waals surface area contributed by atoms with E-state index in [0.29, 0.717) is 11.2 Å². The van der Waals surface area contributed by atoms with Crippen molar-refractivity contribution in [2.45, 2.75) is 29.5 Å². The summed E-state index contributed by atoms with van der Waals surface area (Å²) in [6.45, 7) is 2.34. The third kappa shape index (κ3) is 4.96. The van der Waals surface area contributed by atoms with Crippen LogP contribution in [0.25, 0.3) is 39.1 Å². The number of nitrogens with zero attached hydrogens (tertiary/aromatic N) is 1. The molecule has 0 N–H and O–H groups in total. The Morgan fingerprint density at radius 3 is 2.15 bits per heavy atom. The predicted molar refractivity (Wildman–Crippen MR) is 202 cm³/mol. The van der Waals surface area contributed by atoms with E-state index in [1.54, 1.807) is 0 Å². The minimum atomic E-state index is 0.179. The fourth-order valence-corrected chi connectivity index (χ4v) is 9.13. The van der Waals surface area contributed by atoms with Crippen LogP contribution in [0.1, 0.15) is 41.6 Å². The molecule has 226 valence electrons. The molecule has 0 aromatic heterocycles. The first-order chi connectivity index (χ1) is 23.2. The summed E-state index contributed by atoms with van der Waals surface area (Å²) < 4.78 is 0. The molecule has 6 aromatic rings. The Hall–Kier alpha value is -5.05. The van der Waals surface area contributed by atoms with Gasteiger partial charge in [-0.05, 0) is 98.0 Å². The number of hydrogen-bond acceptors (Lipinski definition) is 2. The monoisotopic (exact) mass is 621 g/mol. The van der Waals surface area contributed by atoms with Crippen molar-refractivity contribution in [3.63, 3.8) is 0 Å².